The van der Waals surface area contributed by atoms with E-state index in [1.54, 1.807) is 6.92 Å². The molecule has 10 heavy (non-hydrogen) atoms. The molecule has 0 rings (SSSR count). The summed E-state index contributed by atoms with van der Waals surface area (Å²) in [7, 11) is 0. The van der Waals surface area contributed by atoms with E-state index >= 15 is 0 Å². The second-order valence-electron chi connectivity index (χ2n) is 2.28. The minimum absolute atomic E-state index is 0.144. The molecule has 0 aromatic carbocycles. The van der Waals surface area contributed by atoms with Crippen molar-refractivity contribution >= 4 is 5.97 Å². The van der Waals surface area contributed by atoms with Crippen LogP contribution in [0.3, 0.4) is 0 Å². The molecular formula is C6H12FNO2. The van der Waals surface area contributed by atoms with Crippen LogP contribution in [0.25, 0.3) is 0 Å². The van der Waals surface area contributed by atoms with Gasteiger partial charge in [0.1, 0.15) is 12.1 Å². The number of nitrogens with two attached hydrogens (primary N) is 1. The average molecular weight is 149 g/mol. The molecule has 4 heteroatoms. The lowest BCUT2D eigenvalue weighted by molar-refractivity contribution is -0.149. The van der Waals surface area contributed by atoms with Crippen LogP contribution in [0.2, 0.25) is 0 Å². The molecule has 60 valence electrons. The molecule has 0 radical (unpaired) electrons. The molecule has 0 fully saturated rings. The second kappa shape index (κ2) is 3.51. The maximum Gasteiger partial charge on any atom is 0.313 e. The van der Waals surface area contributed by atoms with E-state index in [0.29, 0.717) is 0 Å². The number of alkyl halides is 1. The fraction of sp³-hybridized carbons (Fsp3) is 0.833. The third kappa shape index (κ3) is 1.44. The number of aliphatic carboxylic acids is 1. The molecule has 0 amide bonds. The van der Waals surface area contributed by atoms with Gasteiger partial charge in [-0.25, -0.2) is 4.39 Å². The van der Waals surface area contributed by atoms with Gasteiger partial charge in [0.15, 0.2) is 0 Å². The highest BCUT2D eigenvalue weighted by atomic mass is 19.1. The van der Waals surface area contributed by atoms with Crippen molar-refractivity contribution in [1.82, 2.24) is 0 Å². The summed E-state index contributed by atoms with van der Waals surface area (Å²) in [6.45, 7) is 0.575. The van der Waals surface area contributed by atoms with E-state index in [9.17, 15) is 9.18 Å². The molecule has 1 unspecified atom stereocenters. The molecule has 0 bridgehead atoms. The summed E-state index contributed by atoms with van der Waals surface area (Å²) in [4.78, 5) is 10.4. The Morgan fingerprint density at radius 2 is 2.30 bits per heavy atom. The predicted molar refractivity (Wildman–Crippen MR) is 35.4 cm³/mol. The van der Waals surface area contributed by atoms with Gasteiger partial charge in [0.05, 0.1) is 0 Å². The van der Waals surface area contributed by atoms with Crippen LogP contribution in [-0.4, -0.2) is 24.3 Å². The van der Waals surface area contributed by atoms with Crippen molar-refractivity contribution in [1.29, 1.82) is 0 Å². The first-order valence-electron chi connectivity index (χ1n) is 3.12. The van der Waals surface area contributed by atoms with Gasteiger partial charge in [0, 0.05) is 6.54 Å². The summed E-state index contributed by atoms with van der Waals surface area (Å²) in [6, 6.07) is 0. The largest absolute Gasteiger partial charge is 0.481 e. The number of carboxylic acid groups (broad SMARTS) is 1. The smallest absolute Gasteiger partial charge is 0.313 e. The Hall–Kier alpha value is -0.640. The third-order valence-electron chi connectivity index (χ3n) is 1.78. The van der Waals surface area contributed by atoms with Crippen LogP contribution in [0.1, 0.15) is 13.3 Å². The molecule has 0 heterocycles. The molecule has 0 saturated carbocycles. The molecule has 0 spiro atoms. The van der Waals surface area contributed by atoms with Gasteiger partial charge < -0.3 is 10.8 Å². The Morgan fingerprint density at radius 3 is 2.30 bits per heavy atom. The van der Waals surface area contributed by atoms with E-state index in [0.717, 1.165) is 0 Å². The van der Waals surface area contributed by atoms with Crippen molar-refractivity contribution in [2.45, 2.75) is 13.3 Å². The van der Waals surface area contributed by atoms with E-state index in [-0.39, 0.29) is 13.0 Å². The minimum Gasteiger partial charge on any atom is -0.481 e. The number of rotatable bonds is 4. The van der Waals surface area contributed by atoms with Gasteiger partial charge >= 0.3 is 5.97 Å². The van der Waals surface area contributed by atoms with E-state index in [4.69, 9.17) is 10.8 Å². The van der Waals surface area contributed by atoms with Gasteiger partial charge in [-0.2, -0.15) is 0 Å². The average Bonchev–Trinajstić information content (AvgIpc) is 1.92. The van der Waals surface area contributed by atoms with Crippen molar-refractivity contribution in [3.8, 4) is 0 Å². The van der Waals surface area contributed by atoms with Gasteiger partial charge in [-0.15, -0.1) is 0 Å². The third-order valence-corrected chi connectivity index (χ3v) is 1.78. The van der Waals surface area contributed by atoms with Gasteiger partial charge in [-0.3, -0.25) is 4.79 Å². The number of hydrogen-bond acceptors (Lipinski definition) is 2. The van der Waals surface area contributed by atoms with Gasteiger partial charge in [-0.1, -0.05) is 6.92 Å². The molecule has 0 aromatic rings. The minimum atomic E-state index is -1.35. The number of hydrogen-bond donors (Lipinski definition) is 2. The van der Waals surface area contributed by atoms with E-state index in [2.05, 4.69) is 0 Å². The Balaban J connectivity index is 4.31. The van der Waals surface area contributed by atoms with Gasteiger partial charge in [0.2, 0.25) is 0 Å². The number of carboxylic acids is 1. The monoisotopic (exact) mass is 149 g/mol. The Kier molecular flexibility index (Phi) is 3.28. The van der Waals surface area contributed by atoms with Crippen LogP contribution in [0.5, 0.6) is 0 Å². The molecule has 1 atom stereocenters. The quantitative estimate of drug-likeness (QED) is 0.608. The van der Waals surface area contributed by atoms with Crippen LogP contribution in [0.4, 0.5) is 4.39 Å². The lowest BCUT2D eigenvalue weighted by Gasteiger charge is -2.21. The van der Waals surface area contributed by atoms with E-state index in [1.165, 1.54) is 0 Å². The summed E-state index contributed by atoms with van der Waals surface area (Å²) in [5.41, 5.74) is 3.76. The first-order valence-corrected chi connectivity index (χ1v) is 3.12. The number of halogens is 1. The highest BCUT2D eigenvalue weighted by Gasteiger charge is 2.35. The van der Waals surface area contributed by atoms with Gasteiger partial charge in [0.25, 0.3) is 0 Å². The Bertz CT molecular complexity index is 115. The fourth-order valence-electron chi connectivity index (χ4n) is 0.589. The molecule has 0 aromatic heterocycles. The molecule has 0 aliphatic carbocycles. The lowest BCUT2D eigenvalue weighted by Crippen LogP contribution is -2.39. The highest BCUT2D eigenvalue weighted by molar-refractivity contribution is 5.75. The molecular weight excluding hydrogens is 137 g/mol. The van der Waals surface area contributed by atoms with Crippen molar-refractivity contribution in [3.05, 3.63) is 0 Å². The molecule has 0 saturated heterocycles. The van der Waals surface area contributed by atoms with E-state index < -0.39 is 18.1 Å². The van der Waals surface area contributed by atoms with Crippen LogP contribution < -0.4 is 5.73 Å². The lowest BCUT2D eigenvalue weighted by atomic mass is 9.87. The predicted octanol–water partition coefficient (Wildman–Crippen LogP) is 0.396. The van der Waals surface area contributed by atoms with Gasteiger partial charge in [-0.05, 0) is 6.42 Å². The summed E-state index contributed by atoms with van der Waals surface area (Å²) in [6.07, 6.45) is 0.231. The van der Waals surface area contributed by atoms with E-state index in [1.807, 2.05) is 0 Å². The summed E-state index contributed by atoms with van der Waals surface area (Å²) >= 11 is 0. The first-order chi connectivity index (χ1) is 4.63. The van der Waals surface area contributed by atoms with Crippen molar-refractivity contribution in [2.75, 3.05) is 13.2 Å². The molecule has 3 nitrogen and oxygen atoms in total. The maximum atomic E-state index is 12.1. The topological polar surface area (TPSA) is 63.3 Å². The van der Waals surface area contributed by atoms with Crippen LogP contribution >= 0.6 is 0 Å². The summed E-state index contributed by atoms with van der Waals surface area (Å²) in [5.74, 6) is -1.15. The molecule has 0 aliphatic rings. The standard InChI is InChI=1S/C6H12FNO2/c1-2-6(3-7,4-8)5(9)10/h2-4,8H2,1H3,(H,9,10). The van der Waals surface area contributed by atoms with Crippen LogP contribution in [-0.2, 0) is 4.79 Å². The summed E-state index contributed by atoms with van der Waals surface area (Å²) in [5, 5.41) is 8.50. The Morgan fingerprint density at radius 1 is 1.80 bits per heavy atom. The zero-order chi connectivity index (χ0) is 8.20. The Labute approximate surface area is 59.0 Å². The maximum absolute atomic E-state index is 12.1. The fourth-order valence-corrected chi connectivity index (χ4v) is 0.589. The molecule has 0 aliphatic heterocycles. The normalized spacial score (nSPS) is 16.3. The highest BCUT2D eigenvalue weighted by Crippen LogP contribution is 2.20. The summed E-state index contributed by atoms with van der Waals surface area (Å²) < 4.78 is 12.1. The van der Waals surface area contributed by atoms with Crippen LogP contribution in [0, 0.1) is 5.41 Å². The van der Waals surface area contributed by atoms with Crippen molar-refractivity contribution in [2.24, 2.45) is 11.1 Å². The number of carbonyl (C=O) groups is 1. The SMILES string of the molecule is CCC(CN)(CF)C(=O)O. The van der Waals surface area contributed by atoms with Crippen molar-refractivity contribution < 1.29 is 14.3 Å². The second-order valence-corrected chi connectivity index (χ2v) is 2.28. The first kappa shape index (κ1) is 9.36. The van der Waals surface area contributed by atoms with Crippen molar-refractivity contribution in [3.63, 3.8) is 0 Å². The zero-order valence-electron chi connectivity index (χ0n) is 5.93. The van der Waals surface area contributed by atoms with Crippen LogP contribution in [0.15, 0.2) is 0 Å². The zero-order valence-corrected chi connectivity index (χ0v) is 5.93. The molecule has 3 N–H and O–H groups in total.